The summed E-state index contributed by atoms with van der Waals surface area (Å²) in [6, 6.07) is 0. The Morgan fingerprint density at radius 3 is 3.00 bits per heavy atom. The summed E-state index contributed by atoms with van der Waals surface area (Å²) in [5.41, 5.74) is 0.837. The van der Waals surface area contributed by atoms with Crippen LogP contribution >= 0.6 is 11.3 Å². The average molecular weight is 338 g/mol. The molecule has 5 nitrogen and oxygen atoms in total. The molecule has 2 aliphatic rings. The maximum Gasteiger partial charge on any atom is 0.223 e. The molecule has 0 aromatic carbocycles. The number of carbonyl (C=O) groups is 1. The smallest absolute Gasteiger partial charge is 0.223 e. The van der Waals surface area contributed by atoms with Crippen LogP contribution < -0.4 is 0 Å². The van der Waals surface area contributed by atoms with Gasteiger partial charge in [0.05, 0.1) is 36.5 Å². The first-order chi connectivity index (χ1) is 11.0. The molecule has 0 saturated carbocycles. The number of aryl methyl sites for hydroxylation is 1. The summed E-state index contributed by atoms with van der Waals surface area (Å²) < 4.78 is 12.0. The highest BCUT2D eigenvalue weighted by molar-refractivity contribution is 7.09. The van der Waals surface area contributed by atoms with Gasteiger partial charge in [-0.1, -0.05) is 13.8 Å². The number of likely N-dealkylation sites (tertiary alicyclic amines) is 1. The first kappa shape index (κ1) is 16.9. The minimum atomic E-state index is -0.173. The molecule has 128 valence electrons. The van der Waals surface area contributed by atoms with Crippen molar-refractivity contribution in [3.8, 4) is 0 Å². The molecule has 23 heavy (non-hydrogen) atoms. The van der Waals surface area contributed by atoms with Crippen molar-refractivity contribution in [1.82, 2.24) is 9.88 Å². The third kappa shape index (κ3) is 4.11. The summed E-state index contributed by atoms with van der Waals surface area (Å²) in [5, 5.41) is 3.13. The predicted molar refractivity (Wildman–Crippen MR) is 89.4 cm³/mol. The minimum Gasteiger partial charge on any atom is -0.372 e. The molecule has 0 N–H and O–H groups in total. The fraction of sp³-hybridized carbons (Fsp3) is 0.765. The molecule has 0 bridgehead atoms. The van der Waals surface area contributed by atoms with Crippen molar-refractivity contribution in [2.24, 2.45) is 5.92 Å². The molecule has 1 aromatic rings. The Kier molecular flexibility index (Phi) is 5.04. The highest BCUT2D eigenvalue weighted by Gasteiger charge is 2.49. The standard InChI is InChI=1S/C17H26N2O3S/c1-12(2)6-16(20)19-10-17(11-19)7-15(4-5-22-17)21-8-14-9-23-13(3)18-14/h9,12,15H,4-8,10-11H2,1-3H3/t15-/m1/s1. The van der Waals surface area contributed by atoms with Gasteiger partial charge in [-0.15, -0.1) is 11.3 Å². The molecule has 2 saturated heterocycles. The van der Waals surface area contributed by atoms with Crippen molar-refractivity contribution in [3.63, 3.8) is 0 Å². The highest BCUT2D eigenvalue weighted by Crippen LogP contribution is 2.36. The van der Waals surface area contributed by atoms with E-state index in [0.29, 0.717) is 38.6 Å². The number of rotatable bonds is 5. The second-order valence-electron chi connectivity index (χ2n) is 7.16. The zero-order valence-corrected chi connectivity index (χ0v) is 15.0. The lowest BCUT2D eigenvalue weighted by atomic mass is 9.84. The molecule has 1 amide bonds. The van der Waals surface area contributed by atoms with Crippen molar-refractivity contribution in [3.05, 3.63) is 16.1 Å². The summed E-state index contributed by atoms with van der Waals surface area (Å²) in [4.78, 5) is 18.4. The predicted octanol–water partition coefficient (Wildman–Crippen LogP) is 2.77. The van der Waals surface area contributed by atoms with E-state index < -0.39 is 0 Å². The first-order valence-corrected chi connectivity index (χ1v) is 9.28. The number of hydrogen-bond donors (Lipinski definition) is 0. The fourth-order valence-corrected chi connectivity index (χ4v) is 3.92. The van der Waals surface area contributed by atoms with Gasteiger partial charge in [0.1, 0.15) is 5.60 Å². The van der Waals surface area contributed by atoms with Crippen LogP contribution in [0.3, 0.4) is 0 Å². The van der Waals surface area contributed by atoms with Crippen LogP contribution in [0.1, 0.15) is 43.8 Å². The summed E-state index contributed by atoms with van der Waals surface area (Å²) in [7, 11) is 0. The number of ether oxygens (including phenoxy) is 2. The van der Waals surface area contributed by atoms with Crippen LogP contribution in [-0.2, 0) is 20.9 Å². The maximum atomic E-state index is 12.1. The summed E-state index contributed by atoms with van der Waals surface area (Å²) in [5.74, 6) is 0.652. The van der Waals surface area contributed by atoms with Gasteiger partial charge in [-0.25, -0.2) is 4.98 Å². The quantitative estimate of drug-likeness (QED) is 0.828. The van der Waals surface area contributed by atoms with E-state index in [-0.39, 0.29) is 17.6 Å². The van der Waals surface area contributed by atoms with E-state index in [1.807, 2.05) is 11.8 Å². The number of carbonyl (C=O) groups excluding carboxylic acids is 1. The molecular weight excluding hydrogens is 312 g/mol. The molecule has 1 spiro atoms. The third-order valence-electron chi connectivity index (χ3n) is 4.47. The zero-order valence-electron chi connectivity index (χ0n) is 14.2. The summed E-state index contributed by atoms with van der Waals surface area (Å²) in [6.45, 7) is 8.88. The van der Waals surface area contributed by atoms with Gasteiger partial charge in [0, 0.05) is 24.8 Å². The Morgan fingerprint density at radius 1 is 1.57 bits per heavy atom. The van der Waals surface area contributed by atoms with E-state index in [9.17, 15) is 4.79 Å². The van der Waals surface area contributed by atoms with Crippen LogP contribution in [-0.4, -0.2) is 47.2 Å². The lowest BCUT2D eigenvalue weighted by Crippen LogP contribution is -2.67. The molecule has 0 unspecified atom stereocenters. The Hall–Kier alpha value is -0.980. The summed E-state index contributed by atoms with van der Waals surface area (Å²) in [6.07, 6.45) is 2.62. The van der Waals surface area contributed by atoms with Crippen LogP contribution in [0.5, 0.6) is 0 Å². The van der Waals surface area contributed by atoms with E-state index in [4.69, 9.17) is 9.47 Å². The second-order valence-corrected chi connectivity index (χ2v) is 8.23. The van der Waals surface area contributed by atoms with Crippen molar-refractivity contribution >= 4 is 17.2 Å². The number of nitrogens with zero attached hydrogens (tertiary/aromatic N) is 2. The number of thiazole rings is 1. The van der Waals surface area contributed by atoms with Gasteiger partial charge in [-0.05, 0) is 19.3 Å². The monoisotopic (exact) mass is 338 g/mol. The number of amides is 1. The van der Waals surface area contributed by atoms with Gasteiger partial charge >= 0.3 is 0 Å². The van der Waals surface area contributed by atoms with Crippen molar-refractivity contribution in [2.75, 3.05) is 19.7 Å². The average Bonchev–Trinajstić information content (AvgIpc) is 2.87. The van der Waals surface area contributed by atoms with Crippen LogP contribution in [0.15, 0.2) is 5.38 Å². The topological polar surface area (TPSA) is 51.7 Å². The second kappa shape index (κ2) is 6.87. The normalized spacial score (nSPS) is 23.3. The van der Waals surface area contributed by atoms with Crippen molar-refractivity contribution in [1.29, 1.82) is 0 Å². The Balaban J connectivity index is 1.46. The van der Waals surface area contributed by atoms with Crippen LogP contribution in [0.25, 0.3) is 0 Å². The van der Waals surface area contributed by atoms with Crippen LogP contribution in [0.2, 0.25) is 0 Å². The van der Waals surface area contributed by atoms with Gasteiger partial charge in [-0.2, -0.15) is 0 Å². The molecule has 3 rings (SSSR count). The van der Waals surface area contributed by atoms with Crippen LogP contribution in [0, 0.1) is 12.8 Å². The van der Waals surface area contributed by atoms with Crippen molar-refractivity contribution < 1.29 is 14.3 Å². The molecule has 2 fully saturated rings. The third-order valence-corrected chi connectivity index (χ3v) is 5.30. The van der Waals surface area contributed by atoms with E-state index in [1.165, 1.54) is 0 Å². The Morgan fingerprint density at radius 2 is 2.35 bits per heavy atom. The van der Waals surface area contributed by atoms with Crippen molar-refractivity contribution in [2.45, 2.75) is 58.3 Å². The molecule has 0 radical (unpaired) electrons. The van der Waals surface area contributed by atoms with E-state index in [1.54, 1.807) is 11.3 Å². The molecule has 1 atom stereocenters. The van der Waals surface area contributed by atoms with Gasteiger partial charge in [0.2, 0.25) is 5.91 Å². The Bertz CT molecular complexity index is 552. The van der Waals surface area contributed by atoms with Gasteiger partial charge in [0.25, 0.3) is 0 Å². The van der Waals surface area contributed by atoms with Gasteiger partial charge < -0.3 is 14.4 Å². The van der Waals surface area contributed by atoms with Gasteiger partial charge in [0.15, 0.2) is 0 Å². The molecule has 0 aliphatic carbocycles. The molecule has 3 heterocycles. The fourth-order valence-electron chi connectivity index (χ4n) is 3.33. The summed E-state index contributed by atoms with van der Waals surface area (Å²) >= 11 is 1.65. The molecular formula is C17H26N2O3S. The zero-order chi connectivity index (χ0) is 16.4. The number of aromatic nitrogens is 1. The molecule has 6 heteroatoms. The SMILES string of the molecule is Cc1nc(CO[C@@H]2CCOC3(C2)CN(C(=O)CC(C)C)C3)cs1. The lowest BCUT2D eigenvalue weighted by molar-refractivity contribution is -0.203. The maximum absolute atomic E-state index is 12.1. The van der Waals surface area contributed by atoms with Crippen LogP contribution in [0.4, 0.5) is 0 Å². The largest absolute Gasteiger partial charge is 0.372 e. The van der Waals surface area contributed by atoms with E-state index >= 15 is 0 Å². The van der Waals surface area contributed by atoms with E-state index in [0.717, 1.165) is 23.5 Å². The number of hydrogen-bond acceptors (Lipinski definition) is 5. The highest BCUT2D eigenvalue weighted by atomic mass is 32.1. The Labute approximate surface area is 142 Å². The first-order valence-electron chi connectivity index (χ1n) is 8.40. The van der Waals surface area contributed by atoms with Gasteiger partial charge in [-0.3, -0.25) is 4.79 Å². The minimum absolute atomic E-state index is 0.173. The molecule has 1 aromatic heterocycles. The lowest BCUT2D eigenvalue weighted by Gasteiger charge is -2.53. The molecule has 2 aliphatic heterocycles. The van der Waals surface area contributed by atoms with E-state index in [2.05, 4.69) is 24.2 Å².